The van der Waals surface area contributed by atoms with Gasteiger partial charge in [-0.05, 0) is 23.7 Å². The highest BCUT2D eigenvalue weighted by atomic mass is 16.5. The van der Waals surface area contributed by atoms with Gasteiger partial charge >= 0.3 is 0 Å². The number of primary amides is 1. The SMILES string of the molecule is Cc1ccc(C(N)=O)c2c(OCCN)noc12. The van der Waals surface area contributed by atoms with Crippen LogP contribution in [0, 0.1) is 6.92 Å². The molecule has 0 fully saturated rings. The van der Waals surface area contributed by atoms with E-state index in [1.54, 1.807) is 12.1 Å². The zero-order chi connectivity index (χ0) is 12.4. The number of hydrogen-bond donors (Lipinski definition) is 2. The van der Waals surface area contributed by atoms with E-state index in [2.05, 4.69) is 5.16 Å². The second-order valence-electron chi connectivity index (χ2n) is 3.62. The Morgan fingerprint density at radius 3 is 2.94 bits per heavy atom. The van der Waals surface area contributed by atoms with Crippen LogP contribution in [0.4, 0.5) is 0 Å². The Kier molecular flexibility index (Phi) is 2.97. The molecule has 0 aliphatic carbocycles. The third kappa shape index (κ3) is 1.94. The van der Waals surface area contributed by atoms with E-state index in [0.717, 1.165) is 5.56 Å². The molecule has 1 aromatic carbocycles. The van der Waals surface area contributed by atoms with Gasteiger partial charge in [0.25, 0.3) is 5.88 Å². The average molecular weight is 235 g/mol. The molecule has 0 unspecified atom stereocenters. The van der Waals surface area contributed by atoms with Crippen LogP contribution in [-0.4, -0.2) is 24.2 Å². The minimum absolute atomic E-state index is 0.253. The average Bonchev–Trinajstić information content (AvgIpc) is 2.71. The van der Waals surface area contributed by atoms with Crippen molar-refractivity contribution in [1.82, 2.24) is 5.16 Å². The third-order valence-corrected chi connectivity index (χ3v) is 2.41. The van der Waals surface area contributed by atoms with E-state index in [4.69, 9.17) is 20.7 Å². The molecule has 2 aromatic rings. The van der Waals surface area contributed by atoms with Gasteiger partial charge in [-0.2, -0.15) is 0 Å². The van der Waals surface area contributed by atoms with Crippen LogP contribution in [0.15, 0.2) is 16.7 Å². The summed E-state index contributed by atoms with van der Waals surface area (Å²) in [5, 5.41) is 4.28. The summed E-state index contributed by atoms with van der Waals surface area (Å²) in [6.45, 7) is 2.50. The zero-order valence-corrected chi connectivity index (χ0v) is 9.40. The van der Waals surface area contributed by atoms with Gasteiger partial charge in [0.05, 0.1) is 10.9 Å². The minimum atomic E-state index is -0.546. The molecular formula is C11H13N3O3. The number of hydrogen-bond acceptors (Lipinski definition) is 5. The van der Waals surface area contributed by atoms with Crippen molar-refractivity contribution in [2.75, 3.05) is 13.2 Å². The molecule has 1 heterocycles. The number of carbonyl (C=O) groups excluding carboxylic acids is 1. The molecule has 1 amide bonds. The van der Waals surface area contributed by atoms with Crippen molar-refractivity contribution in [2.45, 2.75) is 6.92 Å². The lowest BCUT2D eigenvalue weighted by molar-refractivity contribution is 0.100. The highest BCUT2D eigenvalue weighted by molar-refractivity contribution is 6.07. The molecule has 0 spiro atoms. The smallest absolute Gasteiger partial charge is 0.262 e. The van der Waals surface area contributed by atoms with Gasteiger partial charge in [-0.15, -0.1) is 0 Å². The summed E-state index contributed by atoms with van der Waals surface area (Å²) in [7, 11) is 0. The summed E-state index contributed by atoms with van der Waals surface area (Å²) < 4.78 is 10.5. The molecule has 0 atom stereocenters. The maximum atomic E-state index is 11.3. The predicted molar refractivity (Wildman–Crippen MR) is 61.8 cm³/mol. The summed E-state index contributed by atoms with van der Waals surface area (Å²) in [5.41, 5.74) is 12.3. The molecule has 6 nitrogen and oxygen atoms in total. The van der Waals surface area contributed by atoms with Crippen molar-refractivity contribution in [3.05, 3.63) is 23.3 Å². The van der Waals surface area contributed by atoms with E-state index < -0.39 is 5.91 Å². The summed E-state index contributed by atoms with van der Waals surface area (Å²) in [5.74, 6) is -0.293. The number of fused-ring (bicyclic) bond motifs is 1. The summed E-state index contributed by atoms with van der Waals surface area (Å²) in [6.07, 6.45) is 0. The van der Waals surface area contributed by atoms with E-state index in [1.165, 1.54) is 0 Å². The Bertz CT molecular complexity index is 562. The summed E-state index contributed by atoms with van der Waals surface area (Å²) in [4.78, 5) is 11.3. The van der Waals surface area contributed by atoms with Crippen LogP contribution < -0.4 is 16.2 Å². The van der Waals surface area contributed by atoms with Gasteiger partial charge in [-0.25, -0.2) is 0 Å². The second kappa shape index (κ2) is 4.42. The third-order valence-electron chi connectivity index (χ3n) is 2.41. The lowest BCUT2D eigenvalue weighted by Crippen LogP contribution is -2.13. The molecule has 4 N–H and O–H groups in total. The molecule has 2 rings (SSSR count). The van der Waals surface area contributed by atoms with Gasteiger partial charge in [0, 0.05) is 6.54 Å². The van der Waals surface area contributed by atoms with Crippen LogP contribution >= 0.6 is 0 Å². The number of benzene rings is 1. The maximum Gasteiger partial charge on any atom is 0.262 e. The van der Waals surface area contributed by atoms with Gasteiger partial charge in [-0.3, -0.25) is 4.79 Å². The van der Waals surface area contributed by atoms with Gasteiger partial charge in [0.2, 0.25) is 5.91 Å². The molecule has 0 aliphatic rings. The molecule has 0 saturated heterocycles. The number of aromatic nitrogens is 1. The van der Waals surface area contributed by atoms with E-state index in [-0.39, 0.29) is 5.88 Å². The minimum Gasteiger partial charge on any atom is -0.474 e. The van der Waals surface area contributed by atoms with Crippen molar-refractivity contribution >= 4 is 16.9 Å². The van der Waals surface area contributed by atoms with Gasteiger partial charge in [0.1, 0.15) is 6.61 Å². The van der Waals surface area contributed by atoms with Crippen molar-refractivity contribution in [1.29, 1.82) is 0 Å². The fourth-order valence-corrected chi connectivity index (χ4v) is 1.61. The molecular weight excluding hydrogens is 222 g/mol. The number of nitrogens with zero attached hydrogens (tertiary/aromatic N) is 1. The molecule has 0 bridgehead atoms. The van der Waals surface area contributed by atoms with E-state index in [1.807, 2.05) is 6.92 Å². The molecule has 17 heavy (non-hydrogen) atoms. The normalized spacial score (nSPS) is 10.7. The van der Waals surface area contributed by atoms with Gasteiger partial charge in [0.15, 0.2) is 5.58 Å². The fourth-order valence-electron chi connectivity index (χ4n) is 1.61. The maximum absolute atomic E-state index is 11.3. The number of nitrogens with two attached hydrogens (primary N) is 2. The van der Waals surface area contributed by atoms with Gasteiger partial charge in [-0.1, -0.05) is 6.07 Å². The molecule has 90 valence electrons. The van der Waals surface area contributed by atoms with Crippen LogP contribution in [-0.2, 0) is 0 Å². The zero-order valence-electron chi connectivity index (χ0n) is 9.40. The molecule has 1 aromatic heterocycles. The first-order valence-corrected chi connectivity index (χ1v) is 5.16. The van der Waals surface area contributed by atoms with Crippen molar-refractivity contribution < 1.29 is 14.1 Å². The first-order valence-electron chi connectivity index (χ1n) is 5.16. The first-order chi connectivity index (χ1) is 8.15. The van der Waals surface area contributed by atoms with Crippen LogP contribution in [0.3, 0.4) is 0 Å². The van der Waals surface area contributed by atoms with E-state index in [0.29, 0.717) is 29.7 Å². The standard InChI is InChI=1S/C11H13N3O3/c1-6-2-3-7(10(13)15)8-9(6)17-14-11(8)16-5-4-12/h2-3H,4-5,12H2,1H3,(H2,13,15). The number of aryl methyl sites for hydroxylation is 1. The van der Waals surface area contributed by atoms with Crippen LogP contribution in [0.2, 0.25) is 0 Å². The number of rotatable bonds is 4. The number of amides is 1. The van der Waals surface area contributed by atoms with Crippen molar-refractivity contribution in [2.24, 2.45) is 11.5 Å². The highest BCUT2D eigenvalue weighted by Gasteiger charge is 2.18. The number of carbonyl (C=O) groups is 1. The quantitative estimate of drug-likeness (QED) is 0.806. The molecule has 0 aliphatic heterocycles. The highest BCUT2D eigenvalue weighted by Crippen LogP contribution is 2.30. The second-order valence-corrected chi connectivity index (χ2v) is 3.62. The monoisotopic (exact) mass is 235 g/mol. The van der Waals surface area contributed by atoms with Crippen molar-refractivity contribution in [3.8, 4) is 5.88 Å². The molecule has 0 radical (unpaired) electrons. The fraction of sp³-hybridized carbons (Fsp3) is 0.273. The van der Waals surface area contributed by atoms with Crippen molar-refractivity contribution in [3.63, 3.8) is 0 Å². The van der Waals surface area contributed by atoms with E-state index >= 15 is 0 Å². The predicted octanol–water partition coefficient (Wildman–Crippen LogP) is 0.573. The van der Waals surface area contributed by atoms with Gasteiger partial charge < -0.3 is 20.7 Å². The Hall–Kier alpha value is -2.08. The lowest BCUT2D eigenvalue weighted by atomic mass is 10.1. The Labute approximate surface area is 97.5 Å². The molecule has 6 heteroatoms. The first kappa shape index (κ1) is 11.4. The van der Waals surface area contributed by atoms with Crippen LogP contribution in [0.1, 0.15) is 15.9 Å². The Balaban J connectivity index is 2.62. The summed E-state index contributed by atoms with van der Waals surface area (Å²) in [6, 6.07) is 3.38. The Morgan fingerprint density at radius 2 is 2.29 bits per heavy atom. The summed E-state index contributed by atoms with van der Waals surface area (Å²) >= 11 is 0. The number of ether oxygens (including phenoxy) is 1. The largest absolute Gasteiger partial charge is 0.474 e. The van der Waals surface area contributed by atoms with E-state index in [9.17, 15) is 4.79 Å². The molecule has 0 saturated carbocycles. The topological polar surface area (TPSA) is 104 Å². The lowest BCUT2D eigenvalue weighted by Gasteiger charge is -2.02. The Morgan fingerprint density at radius 1 is 1.53 bits per heavy atom. The van der Waals surface area contributed by atoms with Crippen LogP contribution in [0.5, 0.6) is 5.88 Å². The van der Waals surface area contributed by atoms with Crippen LogP contribution in [0.25, 0.3) is 11.0 Å².